The highest BCUT2D eigenvalue weighted by Gasteiger charge is 2.44. The van der Waals surface area contributed by atoms with Crippen molar-refractivity contribution in [3.63, 3.8) is 0 Å². The largest absolute Gasteiger partial charge is 0.333 e. The molecule has 27 heavy (non-hydrogen) atoms. The van der Waals surface area contributed by atoms with Gasteiger partial charge in [-0.15, -0.1) is 5.10 Å². The maximum Gasteiger partial charge on any atom is 0.254 e. The molecule has 0 N–H and O–H groups in total. The molecule has 2 fully saturated rings. The Bertz CT molecular complexity index is 962. The number of piperidine rings is 1. The Hall–Kier alpha value is -2.50. The normalized spacial score (nSPS) is 27.6. The van der Waals surface area contributed by atoms with Gasteiger partial charge in [0, 0.05) is 31.1 Å². The lowest BCUT2D eigenvalue weighted by Crippen LogP contribution is -2.46. The summed E-state index contributed by atoms with van der Waals surface area (Å²) in [6.07, 6.45) is 9.07. The molecule has 6 heteroatoms. The number of allylic oxidation sites excluding steroid dienone is 4. The number of nitrogens with zero attached hydrogens (tertiary/aromatic N) is 4. The SMILES string of the molecule is Cn1nnc2cc(C(=O)N3[C@@H]4CC[C@H]3CC(C3=CC=C(F)CC3)C4)ccc21. The number of carbonyl (C=O) groups excluding carboxylic acids is 1. The van der Waals surface area contributed by atoms with Gasteiger partial charge in [-0.2, -0.15) is 0 Å². The number of halogens is 1. The first kappa shape index (κ1) is 16.7. The summed E-state index contributed by atoms with van der Waals surface area (Å²) in [6.45, 7) is 0. The number of hydrogen-bond acceptors (Lipinski definition) is 3. The van der Waals surface area contributed by atoms with Gasteiger partial charge >= 0.3 is 0 Å². The van der Waals surface area contributed by atoms with Gasteiger partial charge < -0.3 is 4.90 Å². The second kappa shape index (κ2) is 6.29. The van der Waals surface area contributed by atoms with Crippen molar-refractivity contribution in [3.05, 3.63) is 47.3 Å². The van der Waals surface area contributed by atoms with E-state index in [9.17, 15) is 9.18 Å². The molecule has 140 valence electrons. The zero-order chi connectivity index (χ0) is 18.5. The maximum atomic E-state index is 13.3. The Morgan fingerprint density at radius 1 is 1.15 bits per heavy atom. The summed E-state index contributed by atoms with van der Waals surface area (Å²) in [5.41, 5.74) is 3.74. The van der Waals surface area contributed by atoms with E-state index in [4.69, 9.17) is 0 Å². The molecular formula is C21H23FN4O. The molecule has 0 saturated carbocycles. The minimum absolute atomic E-state index is 0.0197. The van der Waals surface area contributed by atoms with Crippen molar-refractivity contribution in [2.45, 2.75) is 50.6 Å². The lowest BCUT2D eigenvalue weighted by Gasteiger charge is -2.40. The molecule has 1 unspecified atom stereocenters. The Labute approximate surface area is 157 Å². The highest BCUT2D eigenvalue weighted by Crippen LogP contribution is 2.43. The molecule has 3 heterocycles. The second-order valence-electron chi connectivity index (χ2n) is 8.04. The molecule has 1 aromatic heterocycles. The Balaban J connectivity index is 1.37. The summed E-state index contributed by atoms with van der Waals surface area (Å²) in [5.74, 6) is 0.573. The van der Waals surface area contributed by atoms with E-state index >= 15 is 0 Å². The van der Waals surface area contributed by atoms with Crippen molar-refractivity contribution in [2.24, 2.45) is 13.0 Å². The van der Waals surface area contributed by atoms with Crippen molar-refractivity contribution in [1.29, 1.82) is 0 Å². The molecule has 2 aliphatic heterocycles. The third kappa shape index (κ3) is 2.78. The maximum absolute atomic E-state index is 13.3. The van der Waals surface area contributed by atoms with Gasteiger partial charge in [0.25, 0.3) is 5.91 Å². The average molecular weight is 366 g/mol. The fourth-order valence-corrected chi connectivity index (χ4v) is 5.10. The number of rotatable bonds is 2. The molecule has 1 aliphatic carbocycles. The van der Waals surface area contributed by atoms with Crippen molar-refractivity contribution in [3.8, 4) is 0 Å². The summed E-state index contributed by atoms with van der Waals surface area (Å²) in [6, 6.07) is 6.24. The Morgan fingerprint density at radius 2 is 1.93 bits per heavy atom. The predicted octanol–water partition coefficient (Wildman–Crippen LogP) is 3.93. The standard InChI is InChI=1S/C21H23FN4O/c1-25-20-9-4-14(12-19(20)23-24-25)21(27)26-17-7-8-18(26)11-15(10-17)13-2-5-16(22)6-3-13/h2,4-5,9,12,15,17-18H,3,6-8,10-11H2,1H3/t15?,17-,18+. The van der Waals surface area contributed by atoms with E-state index in [-0.39, 0.29) is 23.8 Å². The van der Waals surface area contributed by atoms with Gasteiger partial charge in [-0.25, -0.2) is 9.07 Å². The summed E-state index contributed by atoms with van der Waals surface area (Å²) < 4.78 is 15.0. The van der Waals surface area contributed by atoms with Crippen molar-refractivity contribution in [2.75, 3.05) is 0 Å². The Morgan fingerprint density at radius 3 is 2.63 bits per heavy atom. The first-order valence-electron chi connectivity index (χ1n) is 9.77. The van der Waals surface area contributed by atoms with Crippen molar-refractivity contribution in [1.82, 2.24) is 19.9 Å². The summed E-state index contributed by atoms with van der Waals surface area (Å²) in [4.78, 5) is 15.3. The summed E-state index contributed by atoms with van der Waals surface area (Å²) in [7, 11) is 1.85. The van der Waals surface area contributed by atoms with Crippen molar-refractivity contribution >= 4 is 16.9 Å². The smallest absolute Gasteiger partial charge is 0.254 e. The van der Waals surface area contributed by atoms with E-state index < -0.39 is 0 Å². The molecule has 2 bridgehead atoms. The number of hydrogen-bond donors (Lipinski definition) is 0. The van der Waals surface area contributed by atoms with Crippen LogP contribution < -0.4 is 0 Å². The number of amides is 1. The average Bonchev–Trinajstić information content (AvgIpc) is 3.18. The van der Waals surface area contributed by atoms with Crippen molar-refractivity contribution < 1.29 is 9.18 Å². The first-order valence-corrected chi connectivity index (χ1v) is 9.77. The fourth-order valence-electron chi connectivity index (χ4n) is 5.10. The molecule has 2 aromatic rings. The molecular weight excluding hydrogens is 343 g/mol. The lowest BCUT2D eigenvalue weighted by atomic mass is 9.81. The minimum atomic E-state index is -0.0197. The van der Waals surface area contributed by atoms with E-state index in [1.807, 2.05) is 31.3 Å². The van der Waals surface area contributed by atoms with Gasteiger partial charge in [0.05, 0.1) is 5.52 Å². The van der Waals surface area contributed by atoms with Gasteiger partial charge in [0.2, 0.25) is 0 Å². The van der Waals surface area contributed by atoms with Crippen LogP contribution in [0.3, 0.4) is 0 Å². The van der Waals surface area contributed by atoms with Crippen LogP contribution in [0.5, 0.6) is 0 Å². The second-order valence-corrected chi connectivity index (χ2v) is 8.04. The molecule has 1 amide bonds. The topological polar surface area (TPSA) is 51.0 Å². The number of benzene rings is 1. The van der Waals surface area contributed by atoms with Gasteiger partial charge in [0.15, 0.2) is 0 Å². The predicted molar refractivity (Wildman–Crippen MR) is 101 cm³/mol. The lowest BCUT2D eigenvalue weighted by molar-refractivity contribution is 0.0546. The van der Waals surface area contributed by atoms with E-state index in [2.05, 4.69) is 15.2 Å². The quantitative estimate of drug-likeness (QED) is 0.809. The molecule has 0 spiro atoms. The highest BCUT2D eigenvalue weighted by molar-refractivity contribution is 5.97. The van der Waals surface area contributed by atoms with Crippen LogP contribution in [0.4, 0.5) is 4.39 Å². The molecule has 3 aliphatic rings. The fraction of sp³-hybridized carbons (Fsp3) is 0.476. The third-order valence-corrected chi connectivity index (χ3v) is 6.48. The summed E-state index contributed by atoms with van der Waals surface area (Å²) in [5, 5.41) is 8.16. The highest BCUT2D eigenvalue weighted by atomic mass is 19.1. The van der Waals surface area contributed by atoms with Gasteiger partial charge in [-0.3, -0.25) is 4.79 Å². The number of aryl methyl sites for hydroxylation is 1. The van der Waals surface area contributed by atoms with Crippen LogP contribution in [0.2, 0.25) is 0 Å². The monoisotopic (exact) mass is 366 g/mol. The molecule has 5 nitrogen and oxygen atoms in total. The van der Waals surface area contributed by atoms with Crippen LogP contribution in [0.1, 0.15) is 48.9 Å². The zero-order valence-electron chi connectivity index (χ0n) is 15.4. The zero-order valence-corrected chi connectivity index (χ0v) is 15.4. The van der Waals surface area contributed by atoms with Crippen LogP contribution >= 0.6 is 0 Å². The van der Waals surface area contributed by atoms with Gasteiger partial charge in [0.1, 0.15) is 11.3 Å². The van der Waals surface area contributed by atoms with E-state index in [1.165, 1.54) is 5.57 Å². The minimum Gasteiger partial charge on any atom is -0.333 e. The molecule has 2 saturated heterocycles. The first-order chi connectivity index (χ1) is 13.1. The third-order valence-electron chi connectivity index (χ3n) is 6.48. The van der Waals surface area contributed by atoms with E-state index in [0.717, 1.165) is 43.1 Å². The summed E-state index contributed by atoms with van der Waals surface area (Å²) >= 11 is 0. The van der Waals surface area contributed by atoms with Crippen LogP contribution in [0.15, 0.2) is 41.8 Å². The van der Waals surface area contributed by atoms with Crippen LogP contribution in [-0.4, -0.2) is 37.9 Å². The van der Waals surface area contributed by atoms with Crippen LogP contribution in [-0.2, 0) is 7.05 Å². The molecule has 0 radical (unpaired) electrons. The Kier molecular flexibility index (Phi) is 3.88. The van der Waals surface area contributed by atoms with Crippen LogP contribution in [0, 0.1) is 5.92 Å². The molecule has 3 atom stereocenters. The number of carbonyl (C=O) groups is 1. The van der Waals surface area contributed by atoms with Gasteiger partial charge in [-0.05, 0) is 62.3 Å². The van der Waals surface area contributed by atoms with Crippen LogP contribution in [0.25, 0.3) is 11.0 Å². The van der Waals surface area contributed by atoms with E-state index in [1.54, 1.807) is 10.8 Å². The van der Waals surface area contributed by atoms with E-state index in [0.29, 0.717) is 17.9 Å². The number of aromatic nitrogens is 3. The molecule has 1 aromatic carbocycles. The number of fused-ring (bicyclic) bond motifs is 3. The van der Waals surface area contributed by atoms with Gasteiger partial charge in [-0.1, -0.05) is 16.9 Å². The molecule has 5 rings (SSSR count).